The molecule has 5 aromatic carbocycles. The number of nitrogens with one attached hydrogen (secondary N) is 2. The molecule has 9 rings (SSSR count). The van der Waals surface area contributed by atoms with Crippen LogP contribution in [0.5, 0.6) is 0 Å². The summed E-state index contributed by atoms with van der Waals surface area (Å²) in [6, 6.07) is 41.5. The Balaban J connectivity index is 1.16. The van der Waals surface area contributed by atoms with Crippen molar-refractivity contribution in [3.8, 4) is 5.69 Å². The van der Waals surface area contributed by atoms with Crippen LogP contribution >= 0.6 is 11.3 Å². The number of nitrogens with zero attached hydrogens (tertiary/aromatic N) is 2. The van der Waals surface area contributed by atoms with E-state index in [0.29, 0.717) is 0 Å². The van der Waals surface area contributed by atoms with Gasteiger partial charge in [-0.2, -0.15) is 0 Å². The summed E-state index contributed by atoms with van der Waals surface area (Å²) in [5.74, 6) is 0.916. The van der Waals surface area contributed by atoms with E-state index in [1.54, 1.807) is 0 Å². The average molecular weight is 587 g/mol. The van der Waals surface area contributed by atoms with Crippen molar-refractivity contribution < 1.29 is 0 Å². The number of allylic oxidation sites excluding steroid dienone is 3. The molecule has 212 valence electrons. The van der Waals surface area contributed by atoms with Crippen molar-refractivity contribution in [3.05, 3.63) is 150 Å². The van der Waals surface area contributed by atoms with Gasteiger partial charge in [-0.3, -0.25) is 5.32 Å². The Labute approximate surface area is 259 Å². The summed E-state index contributed by atoms with van der Waals surface area (Å²) < 4.78 is 5.09. The number of hydrogen-bond donors (Lipinski definition) is 2. The van der Waals surface area contributed by atoms with Crippen molar-refractivity contribution in [2.45, 2.75) is 25.2 Å². The standard InChI is InChI=1S/C39H30N4S/c1-3-11-25(12-4-1)37-40-38(26-13-5-2-6-14-26)42-39(41-37)27-19-21-28(22-20-27)43-32-17-9-7-16-31(32)35-33(43)24-23-30-29-15-8-10-18-34(29)44-36(30)35/h1-5,7-13,15-24,37-38,40H,6,14H2,(H,41,42)/t37?,38-/m0/s1. The molecule has 44 heavy (non-hydrogen) atoms. The molecule has 0 radical (unpaired) electrons. The Bertz CT molecular complexity index is 2290. The van der Waals surface area contributed by atoms with Crippen LogP contribution in [0.2, 0.25) is 0 Å². The van der Waals surface area contributed by atoms with Crippen molar-refractivity contribution in [2.24, 2.45) is 4.99 Å². The topological polar surface area (TPSA) is 41.4 Å². The van der Waals surface area contributed by atoms with Gasteiger partial charge in [0.25, 0.3) is 0 Å². The molecule has 1 aliphatic carbocycles. The number of aliphatic imine (C=N–C) groups is 1. The SMILES string of the molecule is C1=CCCC([C@@H]2NC(c3ccc(-n4c5ccccc5c5c6sc7ccccc7c6ccc54)cc3)=NC(c3ccccc3)N2)=C1. The molecule has 2 atom stereocenters. The minimum atomic E-state index is -0.120. The lowest BCUT2D eigenvalue weighted by Crippen LogP contribution is -2.52. The van der Waals surface area contributed by atoms with Crippen LogP contribution in [0, 0.1) is 0 Å². The molecule has 0 amide bonds. The van der Waals surface area contributed by atoms with Gasteiger partial charge in [-0.1, -0.05) is 91.0 Å². The number of aromatic nitrogens is 1. The zero-order valence-corrected chi connectivity index (χ0v) is 24.9. The van der Waals surface area contributed by atoms with E-state index >= 15 is 0 Å². The van der Waals surface area contributed by atoms with Crippen LogP contribution in [0.15, 0.2) is 144 Å². The van der Waals surface area contributed by atoms with Crippen molar-refractivity contribution in [1.29, 1.82) is 0 Å². The number of fused-ring (bicyclic) bond motifs is 7. The highest BCUT2D eigenvalue weighted by molar-refractivity contribution is 7.26. The van der Waals surface area contributed by atoms with Crippen LogP contribution in [0.25, 0.3) is 47.7 Å². The second kappa shape index (κ2) is 10.3. The highest BCUT2D eigenvalue weighted by Crippen LogP contribution is 2.43. The molecule has 2 N–H and O–H groups in total. The van der Waals surface area contributed by atoms with E-state index in [1.165, 1.54) is 47.6 Å². The second-order valence-corrected chi connectivity index (χ2v) is 12.6. The first-order valence-corrected chi connectivity index (χ1v) is 16.1. The summed E-state index contributed by atoms with van der Waals surface area (Å²) in [4.78, 5) is 5.16. The number of amidine groups is 1. The predicted molar refractivity (Wildman–Crippen MR) is 186 cm³/mol. The first-order valence-electron chi connectivity index (χ1n) is 15.3. The fourth-order valence-corrected chi connectivity index (χ4v) is 8.11. The van der Waals surface area contributed by atoms with Gasteiger partial charge in [0, 0.05) is 42.2 Å². The fraction of sp³-hybridized carbons (Fsp3) is 0.103. The first-order chi connectivity index (χ1) is 21.8. The van der Waals surface area contributed by atoms with Gasteiger partial charge in [0.05, 0.1) is 11.0 Å². The van der Waals surface area contributed by atoms with Gasteiger partial charge >= 0.3 is 0 Å². The van der Waals surface area contributed by atoms with Crippen LogP contribution in [0.4, 0.5) is 0 Å². The van der Waals surface area contributed by atoms with Crippen molar-refractivity contribution >= 4 is 59.2 Å². The smallest absolute Gasteiger partial charge is 0.131 e. The van der Waals surface area contributed by atoms with Crippen LogP contribution < -0.4 is 10.6 Å². The van der Waals surface area contributed by atoms with E-state index in [1.807, 2.05) is 11.3 Å². The highest BCUT2D eigenvalue weighted by atomic mass is 32.1. The molecule has 2 aromatic heterocycles. The third-order valence-electron chi connectivity index (χ3n) is 8.98. The van der Waals surface area contributed by atoms with Gasteiger partial charge in [0.1, 0.15) is 18.2 Å². The molecule has 5 heteroatoms. The van der Waals surface area contributed by atoms with E-state index < -0.39 is 0 Å². The third kappa shape index (κ3) is 4.12. The normalized spacial score (nSPS) is 18.5. The maximum atomic E-state index is 5.16. The number of hydrogen-bond acceptors (Lipinski definition) is 4. The zero-order chi connectivity index (χ0) is 29.0. The summed E-state index contributed by atoms with van der Waals surface area (Å²) in [6.07, 6.45) is 8.64. The third-order valence-corrected chi connectivity index (χ3v) is 10.2. The van der Waals surface area contributed by atoms with E-state index in [0.717, 1.165) is 35.5 Å². The summed E-state index contributed by atoms with van der Waals surface area (Å²) in [7, 11) is 0. The molecule has 7 aromatic rings. The Morgan fingerprint density at radius 3 is 2.36 bits per heavy atom. The van der Waals surface area contributed by atoms with Crippen molar-refractivity contribution in [2.75, 3.05) is 0 Å². The number of para-hydroxylation sites is 1. The molecule has 1 unspecified atom stereocenters. The Morgan fingerprint density at radius 2 is 1.52 bits per heavy atom. The summed E-state index contributed by atoms with van der Waals surface area (Å²) in [6.45, 7) is 0. The van der Waals surface area contributed by atoms with Crippen molar-refractivity contribution in [1.82, 2.24) is 15.2 Å². The molecular formula is C39H30N4S. The summed E-state index contributed by atoms with van der Waals surface area (Å²) >= 11 is 1.89. The van der Waals surface area contributed by atoms with Crippen LogP contribution in [0.1, 0.15) is 30.1 Å². The molecule has 0 fully saturated rings. The lowest BCUT2D eigenvalue weighted by atomic mass is 10.00. The average Bonchev–Trinajstić information content (AvgIpc) is 3.65. The van der Waals surface area contributed by atoms with E-state index in [2.05, 4.69) is 149 Å². The van der Waals surface area contributed by atoms with Gasteiger partial charge in [0.15, 0.2) is 0 Å². The fourth-order valence-electron chi connectivity index (χ4n) is 6.85. The van der Waals surface area contributed by atoms with E-state index in [-0.39, 0.29) is 12.3 Å². The molecule has 1 aliphatic heterocycles. The second-order valence-electron chi connectivity index (χ2n) is 11.6. The van der Waals surface area contributed by atoms with Crippen LogP contribution in [-0.4, -0.2) is 16.6 Å². The number of benzene rings is 5. The number of thiophene rings is 1. The van der Waals surface area contributed by atoms with Gasteiger partial charge in [-0.25, -0.2) is 4.99 Å². The molecule has 0 spiro atoms. The molecular weight excluding hydrogens is 557 g/mol. The molecule has 0 bridgehead atoms. The van der Waals surface area contributed by atoms with E-state index in [9.17, 15) is 0 Å². The zero-order valence-electron chi connectivity index (χ0n) is 24.1. The Hall–Kier alpha value is -4.97. The van der Waals surface area contributed by atoms with Gasteiger partial charge < -0.3 is 9.88 Å². The van der Waals surface area contributed by atoms with Gasteiger partial charge in [-0.15, -0.1) is 11.3 Å². The minimum Gasteiger partial charge on any atom is -0.351 e. The quantitative estimate of drug-likeness (QED) is 0.216. The molecule has 2 aliphatic rings. The van der Waals surface area contributed by atoms with Gasteiger partial charge in [-0.05, 0) is 66.4 Å². The largest absolute Gasteiger partial charge is 0.351 e. The summed E-state index contributed by atoms with van der Waals surface area (Å²) in [5, 5.41) is 12.7. The van der Waals surface area contributed by atoms with Crippen molar-refractivity contribution in [3.63, 3.8) is 0 Å². The van der Waals surface area contributed by atoms with Crippen LogP contribution in [0.3, 0.4) is 0 Å². The minimum absolute atomic E-state index is 0.0263. The molecule has 3 heterocycles. The molecule has 4 nitrogen and oxygen atoms in total. The summed E-state index contributed by atoms with van der Waals surface area (Å²) in [5.41, 5.74) is 7.20. The number of rotatable bonds is 4. The van der Waals surface area contributed by atoms with Gasteiger partial charge in [0.2, 0.25) is 0 Å². The maximum absolute atomic E-state index is 5.16. The molecule has 0 saturated carbocycles. The highest BCUT2D eigenvalue weighted by Gasteiger charge is 2.27. The lowest BCUT2D eigenvalue weighted by molar-refractivity contribution is 0.429. The molecule has 0 saturated heterocycles. The Morgan fingerprint density at radius 1 is 0.727 bits per heavy atom. The monoisotopic (exact) mass is 586 g/mol. The first kappa shape index (κ1) is 25.5. The lowest BCUT2D eigenvalue weighted by Gasteiger charge is -2.34. The predicted octanol–water partition coefficient (Wildman–Crippen LogP) is 9.39. The van der Waals surface area contributed by atoms with Crippen LogP contribution in [-0.2, 0) is 0 Å². The van der Waals surface area contributed by atoms with E-state index in [4.69, 9.17) is 4.99 Å². The maximum Gasteiger partial charge on any atom is 0.131 e. The Kier molecular flexibility index (Phi) is 6.00.